The van der Waals surface area contributed by atoms with Gasteiger partial charge in [0, 0.05) is 15.4 Å². The highest BCUT2D eigenvalue weighted by molar-refractivity contribution is 7.99. The Labute approximate surface area is 99.2 Å². The maximum absolute atomic E-state index is 11.7. The Bertz CT molecular complexity index is 352. The summed E-state index contributed by atoms with van der Waals surface area (Å²) < 4.78 is 0. The third-order valence-corrected chi connectivity index (χ3v) is 3.55. The van der Waals surface area contributed by atoms with Gasteiger partial charge in [-0.05, 0) is 37.8 Å². The standard InChI is InChI=1S/C11H15NOS2/c1-12-7-10(13)9-5-4-8(14-2)6-11(9)15-3/h4-6,12H,7H2,1-3H3. The van der Waals surface area contributed by atoms with E-state index in [1.54, 1.807) is 30.6 Å². The SMILES string of the molecule is CNCC(=O)c1ccc(SC)cc1SC. The minimum Gasteiger partial charge on any atom is -0.313 e. The predicted molar refractivity (Wildman–Crippen MR) is 68.3 cm³/mol. The monoisotopic (exact) mass is 241 g/mol. The summed E-state index contributed by atoms with van der Waals surface area (Å²) in [5.41, 5.74) is 0.814. The molecular formula is C11H15NOS2. The molecule has 0 radical (unpaired) electrons. The summed E-state index contributed by atoms with van der Waals surface area (Å²) in [7, 11) is 1.78. The van der Waals surface area contributed by atoms with Crippen LogP contribution in [0.5, 0.6) is 0 Å². The molecule has 0 aliphatic carbocycles. The van der Waals surface area contributed by atoms with E-state index in [4.69, 9.17) is 0 Å². The van der Waals surface area contributed by atoms with Crippen LogP contribution in [-0.4, -0.2) is 31.9 Å². The molecule has 0 aromatic heterocycles. The zero-order valence-electron chi connectivity index (χ0n) is 9.16. The zero-order chi connectivity index (χ0) is 11.3. The first-order valence-corrected chi connectivity index (χ1v) is 7.07. The molecule has 0 aliphatic rings. The van der Waals surface area contributed by atoms with Gasteiger partial charge in [0.05, 0.1) is 6.54 Å². The average Bonchev–Trinajstić information content (AvgIpc) is 2.28. The lowest BCUT2D eigenvalue weighted by Crippen LogP contribution is -2.19. The van der Waals surface area contributed by atoms with E-state index in [-0.39, 0.29) is 5.78 Å². The molecule has 0 unspecified atom stereocenters. The third-order valence-electron chi connectivity index (χ3n) is 2.05. The largest absolute Gasteiger partial charge is 0.313 e. The van der Waals surface area contributed by atoms with Crippen molar-refractivity contribution in [2.24, 2.45) is 0 Å². The van der Waals surface area contributed by atoms with Crippen LogP contribution in [0.3, 0.4) is 0 Å². The second-order valence-corrected chi connectivity index (χ2v) is 4.75. The molecule has 82 valence electrons. The summed E-state index contributed by atoms with van der Waals surface area (Å²) in [6, 6.07) is 5.98. The first kappa shape index (κ1) is 12.6. The van der Waals surface area contributed by atoms with Gasteiger partial charge in [-0.2, -0.15) is 0 Å². The molecule has 4 heteroatoms. The fourth-order valence-corrected chi connectivity index (χ4v) is 2.45. The summed E-state index contributed by atoms with van der Waals surface area (Å²) in [6.07, 6.45) is 4.03. The second kappa shape index (κ2) is 6.20. The van der Waals surface area contributed by atoms with Crippen LogP contribution in [0.2, 0.25) is 0 Å². The van der Waals surface area contributed by atoms with E-state index in [2.05, 4.69) is 11.4 Å². The number of rotatable bonds is 5. The first-order valence-electron chi connectivity index (χ1n) is 4.62. The minimum atomic E-state index is 0.148. The number of hydrogen-bond acceptors (Lipinski definition) is 4. The van der Waals surface area contributed by atoms with Crippen molar-refractivity contribution in [1.29, 1.82) is 0 Å². The second-order valence-electron chi connectivity index (χ2n) is 3.02. The Morgan fingerprint density at radius 3 is 2.60 bits per heavy atom. The Morgan fingerprint density at radius 1 is 1.33 bits per heavy atom. The number of Topliss-reactive ketones (excluding diaryl/α,β-unsaturated/α-hetero) is 1. The van der Waals surface area contributed by atoms with Crippen LogP contribution in [0.25, 0.3) is 0 Å². The number of carbonyl (C=O) groups excluding carboxylic acids is 1. The number of ketones is 1. The topological polar surface area (TPSA) is 29.1 Å². The van der Waals surface area contributed by atoms with Crippen molar-refractivity contribution in [3.8, 4) is 0 Å². The Hall–Kier alpha value is -0.450. The highest BCUT2D eigenvalue weighted by Crippen LogP contribution is 2.26. The molecular weight excluding hydrogens is 226 g/mol. The highest BCUT2D eigenvalue weighted by atomic mass is 32.2. The molecule has 0 spiro atoms. The van der Waals surface area contributed by atoms with Gasteiger partial charge in [0.25, 0.3) is 0 Å². The predicted octanol–water partition coefficient (Wildman–Crippen LogP) is 2.53. The van der Waals surface area contributed by atoms with Gasteiger partial charge in [0.2, 0.25) is 0 Å². The van der Waals surface area contributed by atoms with Gasteiger partial charge >= 0.3 is 0 Å². The Kier molecular flexibility index (Phi) is 5.22. The Balaban J connectivity index is 3.02. The van der Waals surface area contributed by atoms with Crippen molar-refractivity contribution in [3.63, 3.8) is 0 Å². The van der Waals surface area contributed by atoms with Crippen LogP contribution in [0, 0.1) is 0 Å². The number of carbonyl (C=O) groups is 1. The lowest BCUT2D eigenvalue weighted by molar-refractivity contribution is 0.0991. The quantitative estimate of drug-likeness (QED) is 0.633. The van der Waals surface area contributed by atoms with Gasteiger partial charge < -0.3 is 5.32 Å². The molecule has 0 saturated heterocycles. The summed E-state index contributed by atoms with van der Waals surface area (Å²) in [4.78, 5) is 14.0. The summed E-state index contributed by atoms with van der Waals surface area (Å²) in [5, 5.41) is 2.88. The molecule has 0 fully saturated rings. The van der Waals surface area contributed by atoms with Crippen molar-refractivity contribution in [1.82, 2.24) is 5.32 Å². The van der Waals surface area contributed by atoms with Gasteiger partial charge in [-0.1, -0.05) is 0 Å². The van der Waals surface area contributed by atoms with E-state index < -0.39 is 0 Å². The van der Waals surface area contributed by atoms with Crippen LogP contribution >= 0.6 is 23.5 Å². The molecule has 1 rings (SSSR count). The molecule has 1 N–H and O–H groups in total. The fourth-order valence-electron chi connectivity index (χ4n) is 1.28. The van der Waals surface area contributed by atoms with Gasteiger partial charge in [-0.25, -0.2) is 0 Å². The van der Waals surface area contributed by atoms with Crippen molar-refractivity contribution in [3.05, 3.63) is 23.8 Å². The number of thioether (sulfide) groups is 2. The van der Waals surface area contributed by atoms with Gasteiger partial charge in [-0.15, -0.1) is 23.5 Å². The molecule has 1 aromatic rings. The molecule has 0 saturated carbocycles. The Morgan fingerprint density at radius 2 is 2.07 bits per heavy atom. The molecule has 15 heavy (non-hydrogen) atoms. The number of likely N-dealkylation sites (N-methyl/N-ethyl adjacent to an activating group) is 1. The molecule has 0 atom stereocenters. The number of benzene rings is 1. The minimum absolute atomic E-state index is 0.148. The van der Waals surface area contributed by atoms with E-state index in [0.29, 0.717) is 6.54 Å². The molecule has 0 heterocycles. The first-order chi connectivity index (χ1) is 7.22. The smallest absolute Gasteiger partial charge is 0.177 e. The average molecular weight is 241 g/mol. The van der Waals surface area contributed by atoms with Crippen LogP contribution in [-0.2, 0) is 0 Å². The van der Waals surface area contributed by atoms with E-state index in [9.17, 15) is 4.79 Å². The van der Waals surface area contributed by atoms with Crippen molar-refractivity contribution in [2.45, 2.75) is 9.79 Å². The van der Waals surface area contributed by atoms with Gasteiger partial charge in [-0.3, -0.25) is 4.79 Å². The normalized spacial score (nSPS) is 10.3. The lowest BCUT2D eigenvalue weighted by Gasteiger charge is -2.07. The number of nitrogens with one attached hydrogen (secondary N) is 1. The summed E-state index contributed by atoms with van der Waals surface area (Å²) >= 11 is 3.31. The molecule has 2 nitrogen and oxygen atoms in total. The van der Waals surface area contributed by atoms with Crippen LogP contribution in [0.15, 0.2) is 28.0 Å². The molecule has 0 aliphatic heterocycles. The van der Waals surface area contributed by atoms with Crippen LogP contribution < -0.4 is 5.32 Å². The molecule has 1 aromatic carbocycles. The maximum atomic E-state index is 11.7. The zero-order valence-corrected chi connectivity index (χ0v) is 10.8. The van der Waals surface area contributed by atoms with E-state index >= 15 is 0 Å². The van der Waals surface area contributed by atoms with E-state index in [1.807, 2.05) is 24.6 Å². The highest BCUT2D eigenvalue weighted by Gasteiger charge is 2.10. The number of hydrogen-bond donors (Lipinski definition) is 1. The lowest BCUT2D eigenvalue weighted by atomic mass is 10.1. The summed E-state index contributed by atoms with van der Waals surface area (Å²) in [5.74, 6) is 0.148. The van der Waals surface area contributed by atoms with Gasteiger partial charge in [0.15, 0.2) is 5.78 Å². The third kappa shape index (κ3) is 3.26. The fraction of sp³-hybridized carbons (Fsp3) is 0.364. The van der Waals surface area contributed by atoms with Crippen molar-refractivity contribution in [2.75, 3.05) is 26.1 Å². The van der Waals surface area contributed by atoms with E-state index in [0.717, 1.165) is 10.5 Å². The van der Waals surface area contributed by atoms with E-state index in [1.165, 1.54) is 4.90 Å². The van der Waals surface area contributed by atoms with Crippen molar-refractivity contribution >= 4 is 29.3 Å². The summed E-state index contributed by atoms with van der Waals surface area (Å²) in [6.45, 7) is 0.395. The molecule has 0 amide bonds. The van der Waals surface area contributed by atoms with Crippen LogP contribution in [0.4, 0.5) is 0 Å². The van der Waals surface area contributed by atoms with Crippen LogP contribution in [0.1, 0.15) is 10.4 Å². The van der Waals surface area contributed by atoms with Crippen molar-refractivity contribution < 1.29 is 4.79 Å². The van der Waals surface area contributed by atoms with Gasteiger partial charge in [0.1, 0.15) is 0 Å². The maximum Gasteiger partial charge on any atom is 0.177 e. The molecule has 0 bridgehead atoms.